The summed E-state index contributed by atoms with van der Waals surface area (Å²) in [6, 6.07) is 54.2. The first-order valence-corrected chi connectivity index (χ1v) is 18.2. The molecule has 5 nitrogen and oxygen atoms in total. The monoisotopic (exact) mass is 703 g/mol. The van der Waals surface area contributed by atoms with E-state index in [1.165, 1.54) is 0 Å². The Kier molecular flexibility index (Phi) is 8.19. The van der Waals surface area contributed by atoms with Gasteiger partial charge in [0.05, 0.1) is 24.0 Å². The summed E-state index contributed by atoms with van der Waals surface area (Å²) < 4.78 is 0. The maximum Gasteiger partial charge on any atom is 0.196 e. The molecule has 0 unspecified atom stereocenters. The van der Waals surface area contributed by atoms with Gasteiger partial charge in [0.25, 0.3) is 0 Å². The van der Waals surface area contributed by atoms with Crippen LogP contribution in [-0.4, -0.2) is 15.0 Å². The molecule has 55 heavy (non-hydrogen) atoms. The van der Waals surface area contributed by atoms with Gasteiger partial charge in [-0.05, 0) is 104 Å². The Morgan fingerprint density at radius 1 is 0.545 bits per heavy atom. The fraction of sp³-hybridized carbons (Fsp3) is 0.0600. The van der Waals surface area contributed by atoms with E-state index in [9.17, 15) is 5.26 Å². The van der Waals surface area contributed by atoms with Crippen molar-refractivity contribution in [3.8, 4) is 84.5 Å². The third kappa shape index (κ3) is 6.05. The van der Waals surface area contributed by atoms with Crippen molar-refractivity contribution in [2.24, 2.45) is 0 Å². The predicted octanol–water partition coefficient (Wildman–Crippen LogP) is 12.6. The van der Waals surface area contributed by atoms with Crippen LogP contribution in [-0.2, 0) is 5.41 Å². The summed E-state index contributed by atoms with van der Waals surface area (Å²) in [5.41, 5.74) is 15.7. The number of fused-ring (bicyclic) bond motifs is 3. The van der Waals surface area contributed by atoms with Crippen molar-refractivity contribution in [3.63, 3.8) is 0 Å². The average Bonchev–Trinajstić information content (AvgIpc) is 3.49. The van der Waals surface area contributed by atoms with Gasteiger partial charge in [0.1, 0.15) is 0 Å². The number of pyridine rings is 1. The number of aromatic nitrogens is 3. The molecule has 0 radical (unpaired) electrons. The third-order valence-electron chi connectivity index (χ3n) is 10.6. The van der Waals surface area contributed by atoms with Crippen molar-refractivity contribution in [2.45, 2.75) is 19.3 Å². The molecule has 2 aromatic heterocycles. The summed E-state index contributed by atoms with van der Waals surface area (Å²) in [6.45, 7) is 12.3. The zero-order chi connectivity index (χ0) is 37.5. The first kappa shape index (κ1) is 33.4. The second-order valence-corrected chi connectivity index (χ2v) is 14.3. The summed E-state index contributed by atoms with van der Waals surface area (Å²) in [6.07, 6.45) is 3.67. The number of nitriles is 1. The Morgan fingerprint density at radius 3 is 1.80 bits per heavy atom. The molecule has 9 rings (SSSR count). The van der Waals surface area contributed by atoms with Gasteiger partial charge in [-0.15, -0.1) is 0 Å². The average molecular weight is 704 g/mol. The molecule has 0 saturated carbocycles. The number of benzene rings is 6. The lowest BCUT2D eigenvalue weighted by Gasteiger charge is -2.22. The Labute approximate surface area is 320 Å². The maximum atomic E-state index is 9.78. The number of rotatable bonds is 6. The molecule has 5 heteroatoms. The zero-order valence-electron chi connectivity index (χ0n) is 30.3. The standard InChI is InChI=1S/C50H33N5/c1-50(2)43-28-37(20-21-42(43)48-44(50)23-32(30-51)24-47(48)52-3)40-25-39(34-18-16-33(17-19-34)38-15-10-22-53-31-38)26-41(27-40)46-29-45(35-11-6-4-7-12-35)54-49(55-46)36-13-8-5-9-14-36/h4-29,31H,1-2H3. The van der Waals surface area contributed by atoms with E-state index in [0.717, 1.165) is 83.7 Å². The largest absolute Gasteiger partial charge is 0.264 e. The van der Waals surface area contributed by atoms with Crippen LogP contribution in [0.4, 0.5) is 5.69 Å². The molecule has 0 N–H and O–H groups in total. The van der Waals surface area contributed by atoms with E-state index >= 15 is 0 Å². The minimum atomic E-state index is -0.405. The van der Waals surface area contributed by atoms with Crippen LogP contribution in [0.5, 0.6) is 0 Å². The van der Waals surface area contributed by atoms with E-state index < -0.39 is 5.41 Å². The highest BCUT2D eigenvalue weighted by molar-refractivity contribution is 5.93. The van der Waals surface area contributed by atoms with Crippen molar-refractivity contribution in [3.05, 3.63) is 192 Å². The van der Waals surface area contributed by atoms with Crippen LogP contribution in [0.25, 0.3) is 83.3 Å². The lowest BCUT2D eigenvalue weighted by molar-refractivity contribution is 0.660. The van der Waals surface area contributed by atoms with E-state index in [2.05, 4.69) is 115 Å². The van der Waals surface area contributed by atoms with Crippen LogP contribution < -0.4 is 0 Å². The van der Waals surface area contributed by atoms with Crippen molar-refractivity contribution in [2.75, 3.05) is 0 Å². The highest BCUT2D eigenvalue weighted by atomic mass is 14.9. The van der Waals surface area contributed by atoms with Crippen LogP contribution in [0.3, 0.4) is 0 Å². The molecule has 6 aromatic carbocycles. The normalized spacial score (nSPS) is 12.3. The van der Waals surface area contributed by atoms with Gasteiger partial charge in [-0.1, -0.05) is 117 Å². The molecule has 0 saturated heterocycles. The Bertz CT molecular complexity index is 2770. The molecule has 0 fully saturated rings. The fourth-order valence-corrected chi connectivity index (χ4v) is 7.73. The summed E-state index contributed by atoms with van der Waals surface area (Å²) in [4.78, 5) is 18.4. The molecular weight excluding hydrogens is 671 g/mol. The van der Waals surface area contributed by atoms with E-state index in [0.29, 0.717) is 17.1 Å². The topological polar surface area (TPSA) is 66.8 Å². The maximum absolute atomic E-state index is 9.78. The minimum absolute atomic E-state index is 0.405. The lowest BCUT2D eigenvalue weighted by atomic mass is 9.81. The fourth-order valence-electron chi connectivity index (χ4n) is 7.73. The molecule has 0 atom stereocenters. The molecule has 0 spiro atoms. The molecule has 1 aliphatic carbocycles. The van der Waals surface area contributed by atoms with Crippen molar-refractivity contribution in [1.82, 2.24) is 15.0 Å². The molecular formula is C50H33N5. The summed E-state index contributed by atoms with van der Waals surface area (Å²) >= 11 is 0. The van der Waals surface area contributed by atoms with Crippen molar-refractivity contribution >= 4 is 5.69 Å². The van der Waals surface area contributed by atoms with E-state index in [1.54, 1.807) is 12.3 Å². The van der Waals surface area contributed by atoms with Crippen LogP contribution >= 0.6 is 0 Å². The third-order valence-corrected chi connectivity index (χ3v) is 10.6. The van der Waals surface area contributed by atoms with Gasteiger partial charge in [0, 0.05) is 40.1 Å². The molecule has 1 aliphatic rings. The molecule has 0 bridgehead atoms. The summed E-state index contributed by atoms with van der Waals surface area (Å²) in [7, 11) is 0. The van der Waals surface area contributed by atoms with Crippen LogP contribution in [0.1, 0.15) is 30.5 Å². The van der Waals surface area contributed by atoms with Gasteiger partial charge in [-0.25, -0.2) is 14.8 Å². The SMILES string of the molecule is [C-]#[N+]c1cc(C#N)cc2c1-c1ccc(-c3cc(-c4ccc(-c5cccnc5)cc4)cc(-c4cc(-c5ccccc5)nc(-c5ccccc5)n4)c3)cc1C2(C)C. The predicted molar refractivity (Wildman–Crippen MR) is 221 cm³/mol. The number of hydrogen-bond acceptors (Lipinski definition) is 4. The molecule has 258 valence electrons. The zero-order valence-corrected chi connectivity index (χ0v) is 30.3. The Morgan fingerprint density at radius 2 is 1.15 bits per heavy atom. The lowest BCUT2D eigenvalue weighted by Crippen LogP contribution is -2.15. The van der Waals surface area contributed by atoms with Gasteiger partial charge in [0.15, 0.2) is 11.5 Å². The van der Waals surface area contributed by atoms with Crippen LogP contribution in [0.2, 0.25) is 0 Å². The quantitative estimate of drug-likeness (QED) is 0.162. The van der Waals surface area contributed by atoms with Crippen LogP contribution in [0, 0.1) is 17.9 Å². The first-order valence-electron chi connectivity index (χ1n) is 18.2. The summed E-state index contributed by atoms with van der Waals surface area (Å²) in [5, 5.41) is 9.78. The number of hydrogen-bond donors (Lipinski definition) is 0. The minimum Gasteiger partial charge on any atom is -0.264 e. The summed E-state index contributed by atoms with van der Waals surface area (Å²) in [5.74, 6) is 0.661. The Balaban J connectivity index is 1.24. The second kappa shape index (κ2) is 13.5. The van der Waals surface area contributed by atoms with Gasteiger partial charge in [-0.2, -0.15) is 5.26 Å². The highest BCUT2D eigenvalue weighted by Crippen LogP contribution is 2.53. The number of nitrogens with zero attached hydrogens (tertiary/aromatic N) is 5. The van der Waals surface area contributed by atoms with Crippen molar-refractivity contribution < 1.29 is 0 Å². The highest BCUT2D eigenvalue weighted by Gasteiger charge is 2.37. The first-order chi connectivity index (χ1) is 26.9. The van der Waals surface area contributed by atoms with E-state index in [-0.39, 0.29) is 0 Å². The molecule has 8 aromatic rings. The molecule has 2 heterocycles. The molecule has 0 amide bonds. The van der Waals surface area contributed by atoms with Crippen LogP contribution in [0.15, 0.2) is 164 Å². The van der Waals surface area contributed by atoms with E-state index in [1.807, 2.05) is 66.9 Å². The van der Waals surface area contributed by atoms with Gasteiger partial charge < -0.3 is 0 Å². The smallest absolute Gasteiger partial charge is 0.196 e. The van der Waals surface area contributed by atoms with E-state index in [4.69, 9.17) is 16.5 Å². The van der Waals surface area contributed by atoms with Gasteiger partial charge >= 0.3 is 0 Å². The van der Waals surface area contributed by atoms with Crippen molar-refractivity contribution in [1.29, 1.82) is 5.26 Å². The Hall–Kier alpha value is -7.47. The molecule has 0 aliphatic heterocycles. The van der Waals surface area contributed by atoms with Gasteiger partial charge in [0.2, 0.25) is 0 Å². The van der Waals surface area contributed by atoms with Gasteiger partial charge in [-0.3, -0.25) is 4.98 Å². The second-order valence-electron chi connectivity index (χ2n) is 14.3.